The number of para-hydroxylation sites is 1. The molecule has 0 aliphatic carbocycles. The Morgan fingerprint density at radius 1 is 0.457 bits per heavy atom. The van der Waals surface area contributed by atoms with E-state index in [1.54, 1.807) is 0 Å². The Morgan fingerprint density at radius 2 is 1.20 bits per heavy atom. The summed E-state index contributed by atoms with van der Waals surface area (Å²) in [5, 5.41) is 11.0. The summed E-state index contributed by atoms with van der Waals surface area (Å²) in [5.41, 5.74) is 8.55. The first-order chi connectivity index (χ1) is 22.6. The minimum absolute atomic E-state index is 0.728. The SMILES string of the molecule is Cc1ccc2c(oc3c2ccc2c4ccccc4oc23)c1-c1oc2c3c(ccc2[n+]1C)oc1cc2ccc4ccccc4c2cc13. The smallest absolute Gasteiger partial charge is 0.385 e. The second kappa shape index (κ2) is 8.34. The fraction of sp³-hybridized carbons (Fsp3) is 0.0488. The highest BCUT2D eigenvalue weighted by atomic mass is 16.4. The lowest BCUT2D eigenvalue weighted by Crippen LogP contribution is -2.28. The Bertz CT molecular complexity index is 3110. The largest absolute Gasteiger partial charge is 0.456 e. The highest BCUT2D eigenvalue weighted by Gasteiger charge is 2.30. The molecule has 0 N–H and O–H groups in total. The molecule has 0 aliphatic rings. The van der Waals surface area contributed by atoms with E-state index in [0.29, 0.717) is 0 Å². The standard InChI is InChI=1S/C41H24NO4/c1-21-11-14-27-28-16-15-26-25-9-5-6-10-32(25)44-38(26)39(28)45-37(27)35(21)41-42(2)31-17-18-33-36(40(31)46-41)30-20-29-23(19-34(30)43-33)13-12-22-7-3-4-8-24(22)29/h3-20H,1-2H3/q+1. The topological polar surface area (TPSA) is 56.4 Å². The molecule has 11 rings (SSSR count). The van der Waals surface area contributed by atoms with Crippen LogP contribution in [0.4, 0.5) is 0 Å². The molecule has 0 saturated carbocycles. The van der Waals surface area contributed by atoms with Gasteiger partial charge in [0.25, 0.3) is 5.52 Å². The van der Waals surface area contributed by atoms with E-state index in [1.165, 1.54) is 16.2 Å². The van der Waals surface area contributed by atoms with Gasteiger partial charge in [0, 0.05) is 33.0 Å². The van der Waals surface area contributed by atoms with Crippen molar-refractivity contribution < 1.29 is 22.2 Å². The normalized spacial score (nSPS) is 12.6. The third-order valence-corrected chi connectivity index (χ3v) is 9.87. The minimum atomic E-state index is 0.728. The average Bonchev–Trinajstić information content (AvgIpc) is 3.83. The maximum atomic E-state index is 6.90. The average molecular weight is 595 g/mol. The lowest BCUT2D eigenvalue weighted by Gasteiger charge is -2.03. The van der Waals surface area contributed by atoms with Gasteiger partial charge in [0.05, 0.1) is 5.39 Å². The number of aryl methyl sites for hydroxylation is 2. The van der Waals surface area contributed by atoms with Gasteiger partial charge in [0.15, 0.2) is 16.7 Å². The summed E-state index contributed by atoms with van der Waals surface area (Å²) in [6.45, 7) is 2.10. The molecule has 0 saturated heterocycles. The van der Waals surface area contributed by atoms with Crippen molar-refractivity contribution in [1.82, 2.24) is 0 Å². The molecule has 0 atom stereocenters. The molecule has 0 bridgehead atoms. The van der Waals surface area contributed by atoms with Gasteiger partial charge in [0.1, 0.15) is 29.4 Å². The van der Waals surface area contributed by atoms with Gasteiger partial charge in [-0.05, 0) is 70.4 Å². The van der Waals surface area contributed by atoms with Crippen LogP contribution in [-0.2, 0) is 7.05 Å². The molecule has 7 aromatic carbocycles. The summed E-state index contributed by atoms with van der Waals surface area (Å²) in [5.74, 6) is 0.728. The maximum Gasteiger partial charge on any atom is 0.385 e. The molecule has 0 unspecified atom stereocenters. The van der Waals surface area contributed by atoms with Crippen LogP contribution in [0.5, 0.6) is 0 Å². The van der Waals surface area contributed by atoms with Crippen molar-refractivity contribution >= 4 is 98.5 Å². The van der Waals surface area contributed by atoms with Gasteiger partial charge in [-0.15, -0.1) is 0 Å². The van der Waals surface area contributed by atoms with E-state index in [9.17, 15) is 0 Å². The Balaban J connectivity index is 1.22. The van der Waals surface area contributed by atoms with Crippen molar-refractivity contribution in [3.8, 4) is 11.5 Å². The van der Waals surface area contributed by atoms with Crippen LogP contribution in [0.15, 0.2) is 127 Å². The van der Waals surface area contributed by atoms with E-state index < -0.39 is 0 Å². The number of aromatic nitrogens is 1. The molecule has 0 spiro atoms. The van der Waals surface area contributed by atoms with Crippen LogP contribution < -0.4 is 4.57 Å². The first-order valence-corrected chi connectivity index (χ1v) is 15.5. The molecule has 4 heterocycles. The monoisotopic (exact) mass is 594 g/mol. The zero-order valence-corrected chi connectivity index (χ0v) is 25.0. The van der Waals surface area contributed by atoms with E-state index in [-0.39, 0.29) is 0 Å². The molecule has 11 aromatic rings. The van der Waals surface area contributed by atoms with E-state index in [0.717, 1.165) is 99.3 Å². The van der Waals surface area contributed by atoms with E-state index in [4.69, 9.17) is 17.7 Å². The lowest BCUT2D eigenvalue weighted by atomic mass is 10.00. The number of rotatable bonds is 1. The van der Waals surface area contributed by atoms with Crippen molar-refractivity contribution in [2.75, 3.05) is 0 Å². The lowest BCUT2D eigenvalue weighted by molar-refractivity contribution is -0.637. The number of oxazole rings is 1. The fourth-order valence-corrected chi connectivity index (χ4v) is 7.63. The molecule has 216 valence electrons. The summed E-state index contributed by atoms with van der Waals surface area (Å²) in [6, 6.07) is 38.0. The van der Waals surface area contributed by atoms with Crippen LogP contribution in [0.2, 0.25) is 0 Å². The molecule has 0 aliphatic heterocycles. The molecule has 0 fully saturated rings. The highest BCUT2D eigenvalue weighted by molar-refractivity contribution is 6.22. The van der Waals surface area contributed by atoms with Crippen molar-refractivity contribution in [1.29, 1.82) is 0 Å². The summed E-state index contributed by atoms with van der Waals surface area (Å²) < 4.78 is 28.6. The summed E-state index contributed by atoms with van der Waals surface area (Å²) in [7, 11) is 2.05. The van der Waals surface area contributed by atoms with Gasteiger partial charge in [0.2, 0.25) is 5.58 Å². The molecular formula is C41H24NO4+. The van der Waals surface area contributed by atoms with Crippen LogP contribution in [-0.4, -0.2) is 0 Å². The number of benzene rings is 7. The zero-order valence-electron chi connectivity index (χ0n) is 25.0. The van der Waals surface area contributed by atoms with Gasteiger partial charge in [-0.3, -0.25) is 0 Å². The number of hydrogen-bond acceptors (Lipinski definition) is 4. The molecule has 4 aromatic heterocycles. The number of hydrogen-bond donors (Lipinski definition) is 0. The Labute approximate surface area is 260 Å². The van der Waals surface area contributed by atoms with E-state index >= 15 is 0 Å². The second-order valence-electron chi connectivity index (χ2n) is 12.4. The Morgan fingerprint density at radius 3 is 2.11 bits per heavy atom. The van der Waals surface area contributed by atoms with Gasteiger partial charge in [-0.2, -0.15) is 4.57 Å². The van der Waals surface area contributed by atoms with Crippen LogP contribution in [0, 0.1) is 6.92 Å². The summed E-state index contributed by atoms with van der Waals surface area (Å²) in [6.07, 6.45) is 0. The fourth-order valence-electron chi connectivity index (χ4n) is 7.63. The van der Waals surface area contributed by atoms with E-state index in [2.05, 4.69) is 103 Å². The number of nitrogens with zero attached hydrogens (tertiary/aromatic N) is 1. The second-order valence-corrected chi connectivity index (χ2v) is 12.4. The third kappa shape index (κ3) is 2.97. The molecular weight excluding hydrogens is 570 g/mol. The van der Waals surface area contributed by atoms with Crippen LogP contribution >= 0.6 is 0 Å². The van der Waals surface area contributed by atoms with Gasteiger partial charge in [-0.25, -0.2) is 0 Å². The quantitative estimate of drug-likeness (QED) is 0.140. The summed E-state index contributed by atoms with van der Waals surface area (Å²) in [4.78, 5) is 0. The first kappa shape index (κ1) is 24.3. The Kier molecular flexibility index (Phi) is 4.40. The van der Waals surface area contributed by atoms with Crippen LogP contribution in [0.3, 0.4) is 0 Å². The number of fused-ring (bicyclic) bond motifs is 15. The predicted octanol–water partition coefficient (Wildman–Crippen LogP) is 11.2. The molecule has 0 amide bonds. The Hall–Kier alpha value is -6.07. The van der Waals surface area contributed by atoms with Crippen LogP contribution in [0.1, 0.15) is 5.56 Å². The van der Waals surface area contributed by atoms with Crippen molar-refractivity contribution in [2.24, 2.45) is 7.05 Å². The maximum absolute atomic E-state index is 6.90. The first-order valence-electron chi connectivity index (χ1n) is 15.5. The summed E-state index contributed by atoms with van der Waals surface area (Å²) >= 11 is 0. The van der Waals surface area contributed by atoms with Crippen molar-refractivity contribution in [2.45, 2.75) is 6.92 Å². The van der Waals surface area contributed by atoms with Crippen LogP contribution in [0.25, 0.3) is 110 Å². The number of furan rings is 3. The highest BCUT2D eigenvalue weighted by Crippen LogP contribution is 2.44. The molecule has 5 heteroatoms. The van der Waals surface area contributed by atoms with Crippen molar-refractivity contribution in [3.05, 3.63) is 115 Å². The molecule has 46 heavy (non-hydrogen) atoms. The van der Waals surface area contributed by atoms with Crippen molar-refractivity contribution in [3.63, 3.8) is 0 Å². The molecule has 0 radical (unpaired) electrons. The van der Waals surface area contributed by atoms with Gasteiger partial charge >= 0.3 is 5.89 Å². The third-order valence-electron chi connectivity index (χ3n) is 9.87. The zero-order chi connectivity index (χ0) is 30.3. The molecule has 5 nitrogen and oxygen atoms in total. The van der Waals surface area contributed by atoms with Gasteiger partial charge < -0.3 is 17.7 Å². The predicted molar refractivity (Wildman–Crippen MR) is 184 cm³/mol. The van der Waals surface area contributed by atoms with E-state index in [1.807, 2.05) is 24.3 Å². The van der Waals surface area contributed by atoms with Gasteiger partial charge in [-0.1, -0.05) is 66.7 Å². The minimum Gasteiger partial charge on any atom is -0.456 e.